The van der Waals surface area contributed by atoms with Gasteiger partial charge in [-0.25, -0.2) is 9.38 Å². The van der Waals surface area contributed by atoms with Crippen LogP contribution in [0, 0.1) is 5.82 Å². The Hall–Kier alpha value is -3.62. The van der Waals surface area contributed by atoms with Crippen LogP contribution in [0.15, 0.2) is 53.8 Å². The highest BCUT2D eigenvalue weighted by Crippen LogP contribution is 2.32. The van der Waals surface area contributed by atoms with Crippen molar-refractivity contribution in [1.82, 2.24) is 20.1 Å². The first-order chi connectivity index (χ1) is 15.2. The molecule has 1 aromatic heterocycles. The summed E-state index contributed by atoms with van der Waals surface area (Å²) in [4.78, 5) is 4.63. The van der Waals surface area contributed by atoms with E-state index in [4.69, 9.17) is 9.47 Å². The zero-order valence-corrected chi connectivity index (χ0v) is 17.3. The van der Waals surface area contributed by atoms with Crippen LogP contribution in [0.5, 0.6) is 11.5 Å². The van der Waals surface area contributed by atoms with E-state index in [2.05, 4.69) is 25.8 Å². The minimum atomic E-state index is -0.237. The van der Waals surface area contributed by atoms with Crippen LogP contribution in [0.3, 0.4) is 0 Å². The predicted octanol–water partition coefficient (Wildman–Crippen LogP) is 2.92. The largest absolute Gasteiger partial charge is 0.490 e. The van der Waals surface area contributed by atoms with Gasteiger partial charge in [-0.15, -0.1) is 10.2 Å². The van der Waals surface area contributed by atoms with Crippen LogP contribution in [0.25, 0.3) is 0 Å². The third-order valence-corrected chi connectivity index (χ3v) is 4.79. The minimum Gasteiger partial charge on any atom is -0.490 e. The molecule has 0 radical (unpaired) electrons. The molecule has 0 spiro atoms. The lowest BCUT2D eigenvalue weighted by molar-refractivity contribution is 0.297. The van der Waals surface area contributed by atoms with Gasteiger partial charge in [-0.05, 0) is 36.2 Å². The second-order valence-electron chi connectivity index (χ2n) is 7.17. The number of nitrogens with zero attached hydrogens (tertiary/aromatic N) is 4. The van der Waals surface area contributed by atoms with Crippen molar-refractivity contribution in [2.45, 2.75) is 19.4 Å². The van der Waals surface area contributed by atoms with Gasteiger partial charge in [0.1, 0.15) is 18.7 Å². The fourth-order valence-electron chi connectivity index (χ4n) is 3.14. The third kappa shape index (κ3) is 5.71. The Balaban J connectivity index is 1.46. The summed E-state index contributed by atoms with van der Waals surface area (Å²) in [6, 6.07) is 12.3. The van der Waals surface area contributed by atoms with Gasteiger partial charge in [-0.3, -0.25) is 0 Å². The van der Waals surface area contributed by atoms with E-state index in [0.717, 1.165) is 29.2 Å². The molecule has 2 N–H and O–H groups in total. The van der Waals surface area contributed by atoms with Crippen LogP contribution in [-0.2, 0) is 20.0 Å². The molecular weight excluding hydrogens is 399 g/mol. The second kappa shape index (κ2) is 9.92. The molecule has 9 heteroatoms. The first-order valence-corrected chi connectivity index (χ1v) is 10.2. The molecule has 1 aliphatic heterocycles. The lowest BCUT2D eigenvalue weighted by Gasteiger charge is -2.14. The average molecular weight is 424 g/mol. The Morgan fingerprint density at radius 3 is 2.84 bits per heavy atom. The van der Waals surface area contributed by atoms with Crippen molar-refractivity contribution in [1.29, 1.82) is 0 Å². The minimum absolute atomic E-state index is 0.237. The first kappa shape index (κ1) is 20.6. The predicted molar refractivity (Wildman–Crippen MR) is 116 cm³/mol. The zero-order valence-electron chi connectivity index (χ0n) is 17.3. The highest BCUT2D eigenvalue weighted by atomic mass is 19.1. The van der Waals surface area contributed by atoms with Gasteiger partial charge >= 0.3 is 0 Å². The maximum atomic E-state index is 13.4. The van der Waals surface area contributed by atoms with Crippen LogP contribution < -0.4 is 20.1 Å². The van der Waals surface area contributed by atoms with Crippen LogP contribution >= 0.6 is 0 Å². The Bertz CT molecular complexity index is 1050. The number of aryl methyl sites for hydroxylation is 1. The molecule has 4 rings (SSSR count). The molecule has 0 amide bonds. The lowest BCUT2D eigenvalue weighted by atomic mass is 10.1. The van der Waals surface area contributed by atoms with Gasteiger partial charge in [0.05, 0.1) is 13.2 Å². The monoisotopic (exact) mass is 424 g/mol. The number of anilines is 1. The molecule has 3 aromatic rings. The topological polar surface area (TPSA) is 85.6 Å². The molecule has 0 saturated heterocycles. The number of halogens is 1. The van der Waals surface area contributed by atoms with Crippen molar-refractivity contribution in [3.63, 3.8) is 0 Å². The van der Waals surface area contributed by atoms with Crippen molar-refractivity contribution >= 4 is 11.6 Å². The van der Waals surface area contributed by atoms with E-state index < -0.39 is 0 Å². The molecule has 2 heterocycles. The molecule has 8 nitrogen and oxygen atoms in total. The van der Waals surface area contributed by atoms with Gasteiger partial charge in [0.15, 0.2) is 23.3 Å². The average Bonchev–Trinajstić information content (AvgIpc) is 3.03. The molecule has 1 aliphatic rings. The van der Waals surface area contributed by atoms with Gasteiger partial charge in [0, 0.05) is 31.8 Å². The smallest absolute Gasteiger partial charge is 0.196 e. The molecule has 0 saturated carbocycles. The van der Waals surface area contributed by atoms with Gasteiger partial charge in [0.2, 0.25) is 0 Å². The van der Waals surface area contributed by atoms with Crippen molar-refractivity contribution < 1.29 is 13.9 Å². The third-order valence-electron chi connectivity index (χ3n) is 4.79. The Kier molecular flexibility index (Phi) is 6.61. The number of aliphatic imine (C=N–C) groups is 1. The summed E-state index contributed by atoms with van der Waals surface area (Å²) in [5.41, 5.74) is 1.73. The fourth-order valence-corrected chi connectivity index (χ4v) is 3.14. The van der Waals surface area contributed by atoms with E-state index in [9.17, 15) is 4.39 Å². The van der Waals surface area contributed by atoms with Gasteiger partial charge in [-0.2, -0.15) is 0 Å². The van der Waals surface area contributed by atoms with Crippen LogP contribution in [-0.4, -0.2) is 40.5 Å². The van der Waals surface area contributed by atoms with Crippen LogP contribution in [0.2, 0.25) is 0 Å². The molecule has 0 fully saturated rings. The van der Waals surface area contributed by atoms with Crippen molar-refractivity contribution in [3.05, 3.63) is 66.0 Å². The number of hydrogen-bond acceptors (Lipinski definition) is 5. The van der Waals surface area contributed by atoms with E-state index >= 15 is 0 Å². The SMILES string of the molecule is Cn1cnnc1CN=C(NCCc1cccc(F)c1)Nc1ccc2c(c1)OCCCO2. The summed E-state index contributed by atoms with van der Waals surface area (Å²) >= 11 is 0. The standard InChI is InChI=1S/C22H25FN6O2/c1-29-15-26-28-21(29)14-25-22(24-9-8-16-4-2-5-17(23)12-16)27-18-6-7-19-20(13-18)31-11-3-10-30-19/h2,4-7,12-13,15H,3,8-11,14H2,1H3,(H2,24,25,27). The molecule has 0 bridgehead atoms. The maximum Gasteiger partial charge on any atom is 0.196 e. The molecule has 31 heavy (non-hydrogen) atoms. The Morgan fingerprint density at radius 1 is 1.16 bits per heavy atom. The van der Waals surface area contributed by atoms with Gasteiger partial charge in [0.25, 0.3) is 0 Å². The summed E-state index contributed by atoms with van der Waals surface area (Å²) in [7, 11) is 1.87. The summed E-state index contributed by atoms with van der Waals surface area (Å²) in [5.74, 6) is 2.52. The van der Waals surface area contributed by atoms with E-state index in [-0.39, 0.29) is 5.82 Å². The molecule has 0 unspecified atom stereocenters. The van der Waals surface area contributed by atoms with Crippen molar-refractivity contribution in [2.24, 2.45) is 12.0 Å². The van der Waals surface area contributed by atoms with Gasteiger partial charge < -0.3 is 24.7 Å². The molecule has 0 aliphatic carbocycles. The van der Waals surface area contributed by atoms with Crippen LogP contribution in [0.4, 0.5) is 10.1 Å². The lowest BCUT2D eigenvalue weighted by Crippen LogP contribution is -2.32. The Labute approximate surface area is 180 Å². The second-order valence-corrected chi connectivity index (χ2v) is 7.17. The molecule has 162 valence electrons. The highest BCUT2D eigenvalue weighted by molar-refractivity contribution is 5.93. The van der Waals surface area contributed by atoms with Crippen molar-refractivity contribution in [2.75, 3.05) is 25.1 Å². The maximum absolute atomic E-state index is 13.4. The number of ether oxygens (including phenoxy) is 2. The number of fused-ring (bicyclic) bond motifs is 1. The van der Waals surface area contributed by atoms with E-state index in [1.165, 1.54) is 12.1 Å². The molecular formula is C22H25FN6O2. The number of benzene rings is 2. The number of aromatic nitrogens is 3. The normalized spacial score (nSPS) is 13.5. The zero-order chi connectivity index (χ0) is 21.5. The molecule has 2 aromatic carbocycles. The molecule has 0 atom stereocenters. The van der Waals surface area contributed by atoms with Gasteiger partial charge in [-0.1, -0.05) is 12.1 Å². The highest BCUT2D eigenvalue weighted by Gasteiger charge is 2.12. The van der Waals surface area contributed by atoms with E-state index in [0.29, 0.717) is 44.4 Å². The van der Waals surface area contributed by atoms with Crippen molar-refractivity contribution in [3.8, 4) is 11.5 Å². The first-order valence-electron chi connectivity index (χ1n) is 10.2. The Morgan fingerprint density at radius 2 is 2.03 bits per heavy atom. The number of hydrogen-bond donors (Lipinski definition) is 2. The number of nitrogens with one attached hydrogen (secondary N) is 2. The van der Waals surface area contributed by atoms with Crippen LogP contribution in [0.1, 0.15) is 17.8 Å². The summed E-state index contributed by atoms with van der Waals surface area (Å²) in [6.45, 7) is 2.20. The summed E-state index contributed by atoms with van der Waals surface area (Å²) in [6.07, 6.45) is 3.15. The van der Waals surface area contributed by atoms with E-state index in [1.54, 1.807) is 12.4 Å². The summed E-state index contributed by atoms with van der Waals surface area (Å²) < 4.78 is 26.7. The fraction of sp³-hybridized carbons (Fsp3) is 0.318. The summed E-state index contributed by atoms with van der Waals surface area (Å²) in [5, 5.41) is 14.6. The number of rotatable bonds is 6. The number of guanidine groups is 1. The van der Waals surface area contributed by atoms with E-state index in [1.807, 2.05) is 35.9 Å². The quantitative estimate of drug-likeness (QED) is 0.468.